The summed E-state index contributed by atoms with van der Waals surface area (Å²) in [4.78, 5) is 62.9. The van der Waals surface area contributed by atoms with Crippen molar-refractivity contribution in [2.75, 3.05) is 25.1 Å². The zero-order valence-electron chi connectivity index (χ0n) is 21.3. The second-order valence-electron chi connectivity index (χ2n) is 9.69. The van der Waals surface area contributed by atoms with E-state index in [2.05, 4.69) is 10.6 Å². The average molecular weight is 521 g/mol. The Balaban J connectivity index is 1.60. The van der Waals surface area contributed by atoms with E-state index in [9.17, 15) is 24.0 Å². The van der Waals surface area contributed by atoms with E-state index in [1.54, 1.807) is 30.3 Å². The highest BCUT2D eigenvalue weighted by molar-refractivity contribution is 6.13. The smallest absolute Gasteiger partial charge is 0.328 e. The topological polar surface area (TPSA) is 158 Å². The highest BCUT2D eigenvalue weighted by atomic mass is 16.5. The van der Waals surface area contributed by atoms with Crippen LogP contribution < -0.4 is 21.3 Å². The molecule has 0 saturated carbocycles. The van der Waals surface area contributed by atoms with Crippen LogP contribution in [0, 0.1) is 0 Å². The standard InChI is InChI=1S/C28H32N4O6/c1-38-26(37)28(27(18-34,31-28)12-14-33)16-20-6-9-21(10-7-20)32-23-11-8-19(5-3-2-4-13-29)15-22(23)25(36)30-17-24(32)35/h6-11,14-15,18,31H,2-5,12-13,16-17,29H2,1H3,(H,30,36)/t27?,28-/m0/s1. The molecule has 0 bridgehead atoms. The number of nitrogens with zero attached hydrogens (tertiary/aromatic N) is 1. The lowest BCUT2D eigenvalue weighted by Gasteiger charge is -2.23. The second kappa shape index (κ2) is 11.2. The summed E-state index contributed by atoms with van der Waals surface area (Å²) in [5.41, 5.74) is 6.10. The largest absolute Gasteiger partial charge is 0.468 e. The quantitative estimate of drug-likeness (QED) is 0.164. The predicted octanol–water partition coefficient (Wildman–Crippen LogP) is 1.35. The third kappa shape index (κ3) is 4.97. The first-order valence-electron chi connectivity index (χ1n) is 12.7. The summed E-state index contributed by atoms with van der Waals surface area (Å²) in [6.07, 6.45) is 4.87. The number of hydrogen-bond acceptors (Lipinski definition) is 8. The number of nitrogens with one attached hydrogen (secondary N) is 2. The Hall–Kier alpha value is -3.89. The van der Waals surface area contributed by atoms with E-state index >= 15 is 0 Å². The lowest BCUT2D eigenvalue weighted by Crippen LogP contribution is -2.39. The lowest BCUT2D eigenvalue weighted by atomic mass is 9.86. The Morgan fingerprint density at radius 2 is 1.82 bits per heavy atom. The van der Waals surface area contributed by atoms with E-state index in [0.717, 1.165) is 31.2 Å². The first kappa shape index (κ1) is 27.2. The van der Waals surface area contributed by atoms with Gasteiger partial charge in [-0.1, -0.05) is 24.6 Å². The fourth-order valence-corrected chi connectivity index (χ4v) is 5.15. The molecule has 2 aliphatic heterocycles. The van der Waals surface area contributed by atoms with Crippen LogP contribution in [-0.2, 0) is 36.8 Å². The molecule has 4 rings (SSSR count). The molecule has 2 amide bonds. The number of nitrogens with two attached hydrogens (primary N) is 1. The molecule has 4 N–H and O–H groups in total. The van der Waals surface area contributed by atoms with Gasteiger partial charge in [0.2, 0.25) is 0 Å². The van der Waals surface area contributed by atoms with Gasteiger partial charge in [-0.25, -0.2) is 4.79 Å². The average Bonchev–Trinajstić information content (AvgIpc) is 3.60. The van der Waals surface area contributed by atoms with Gasteiger partial charge in [0, 0.05) is 18.5 Å². The van der Waals surface area contributed by atoms with Crippen molar-refractivity contribution in [3.05, 3.63) is 59.2 Å². The van der Waals surface area contributed by atoms with Crippen LogP contribution in [0.1, 0.15) is 47.2 Å². The molecule has 2 aromatic rings. The molecule has 0 aliphatic carbocycles. The molecule has 2 aromatic carbocycles. The van der Waals surface area contributed by atoms with E-state index < -0.39 is 17.0 Å². The van der Waals surface area contributed by atoms with Crippen molar-refractivity contribution >= 4 is 41.7 Å². The third-order valence-corrected chi connectivity index (χ3v) is 7.31. The molecule has 0 aromatic heterocycles. The summed E-state index contributed by atoms with van der Waals surface area (Å²) >= 11 is 0. The number of ether oxygens (including phenoxy) is 1. The molecule has 200 valence electrons. The van der Waals surface area contributed by atoms with Crippen molar-refractivity contribution in [1.82, 2.24) is 10.6 Å². The van der Waals surface area contributed by atoms with E-state index in [-0.39, 0.29) is 31.2 Å². The molecule has 1 unspecified atom stereocenters. The van der Waals surface area contributed by atoms with E-state index in [0.29, 0.717) is 41.6 Å². The first-order chi connectivity index (χ1) is 18.3. The van der Waals surface area contributed by atoms with Crippen LogP contribution in [-0.4, -0.2) is 61.6 Å². The van der Waals surface area contributed by atoms with Gasteiger partial charge in [-0.05, 0) is 61.2 Å². The van der Waals surface area contributed by atoms with Gasteiger partial charge in [0.25, 0.3) is 11.8 Å². The molecule has 1 saturated heterocycles. The van der Waals surface area contributed by atoms with Gasteiger partial charge in [-0.15, -0.1) is 0 Å². The molecule has 0 spiro atoms. The normalized spacial score (nSPS) is 22.2. The number of fused-ring (bicyclic) bond motifs is 1. The number of aryl methyl sites for hydroxylation is 1. The summed E-state index contributed by atoms with van der Waals surface area (Å²) in [6, 6.07) is 12.5. The number of benzene rings is 2. The minimum absolute atomic E-state index is 0.116. The number of carbonyl (C=O) groups is 5. The van der Waals surface area contributed by atoms with Crippen molar-refractivity contribution < 1.29 is 28.7 Å². The minimum atomic E-state index is -1.34. The summed E-state index contributed by atoms with van der Waals surface area (Å²) in [6.45, 7) is 0.503. The van der Waals surface area contributed by atoms with Gasteiger partial charge >= 0.3 is 5.97 Å². The lowest BCUT2D eigenvalue weighted by molar-refractivity contribution is -0.144. The maximum Gasteiger partial charge on any atom is 0.328 e. The van der Waals surface area contributed by atoms with Crippen LogP contribution in [0.4, 0.5) is 11.4 Å². The van der Waals surface area contributed by atoms with Crippen molar-refractivity contribution in [2.24, 2.45) is 5.73 Å². The first-order valence-corrected chi connectivity index (χ1v) is 12.7. The number of aldehydes is 2. The number of esters is 1. The van der Waals surface area contributed by atoms with Gasteiger partial charge < -0.3 is 25.4 Å². The monoisotopic (exact) mass is 520 g/mol. The molecular weight excluding hydrogens is 488 g/mol. The molecule has 38 heavy (non-hydrogen) atoms. The minimum Gasteiger partial charge on any atom is -0.468 e. The number of rotatable bonds is 12. The van der Waals surface area contributed by atoms with Gasteiger partial charge in [0.15, 0.2) is 0 Å². The fourth-order valence-electron chi connectivity index (χ4n) is 5.15. The van der Waals surface area contributed by atoms with Gasteiger partial charge in [-0.2, -0.15) is 0 Å². The zero-order valence-corrected chi connectivity index (χ0v) is 21.3. The molecular formula is C28H32N4O6. The number of carbonyl (C=O) groups excluding carboxylic acids is 5. The molecule has 2 heterocycles. The number of methoxy groups -OCH3 is 1. The number of amides is 2. The highest BCUT2D eigenvalue weighted by Gasteiger charge is 2.72. The SMILES string of the molecule is COC(=O)[C@]1(Cc2ccc(N3C(=O)CNC(=O)c4cc(CCCCCN)ccc43)cc2)NC1(C=O)CC=O. The van der Waals surface area contributed by atoms with Crippen molar-refractivity contribution in [1.29, 1.82) is 0 Å². The van der Waals surface area contributed by atoms with Gasteiger partial charge in [0.05, 0.1) is 24.9 Å². The molecule has 0 radical (unpaired) electrons. The maximum atomic E-state index is 13.1. The fraction of sp³-hybridized carbons (Fsp3) is 0.393. The van der Waals surface area contributed by atoms with Crippen LogP contribution in [0.25, 0.3) is 0 Å². The van der Waals surface area contributed by atoms with Crippen LogP contribution >= 0.6 is 0 Å². The zero-order chi connectivity index (χ0) is 27.3. The second-order valence-corrected chi connectivity index (χ2v) is 9.69. The van der Waals surface area contributed by atoms with Crippen LogP contribution in [0.2, 0.25) is 0 Å². The summed E-state index contributed by atoms with van der Waals surface area (Å²) in [5.74, 6) is -1.23. The van der Waals surface area contributed by atoms with E-state index in [4.69, 9.17) is 10.5 Å². The predicted molar refractivity (Wildman–Crippen MR) is 140 cm³/mol. The number of anilines is 2. The molecule has 2 atom stereocenters. The Bertz CT molecular complexity index is 1250. The summed E-state index contributed by atoms with van der Waals surface area (Å²) in [5, 5.41) is 5.58. The number of unbranched alkanes of at least 4 members (excludes halogenated alkanes) is 2. The molecule has 10 nitrogen and oxygen atoms in total. The Morgan fingerprint density at radius 1 is 1.08 bits per heavy atom. The third-order valence-electron chi connectivity index (χ3n) is 7.31. The van der Waals surface area contributed by atoms with E-state index in [1.165, 1.54) is 12.0 Å². The van der Waals surface area contributed by atoms with E-state index in [1.807, 2.05) is 12.1 Å². The molecule has 10 heteroatoms. The summed E-state index contributed by atoms with van der Waals surface area (Å²) in [7, 11) is 1.23. The summed E-state index contributed by atoms with van der Waals surface area (Å²) < 4.78 is 4.92. The highest BCUT2D eigenvalue weighted by Crippen LogP contribution is 2.43. The Morgan fingerprint density at radius 3 is 2.47 bits per heavy atom. The van der Waals surface area contributed by atoms with Gasteiger partial charge in [0.1, 0.15) is 23.7 Å². The van der Waals surface area contributed by atoms with Crippen molar-refractivity contribution in [2.45, 2.75) is 49.6 Å². The number of hydrogen-bond donors (Lipinski definition) is 3. The van der Waals surface area contributed by atoms with Gasteiger partial charge in [-0.3, -0.25) is 19.8 Å². The maximum absolute atomic E-state index is 13.1. The van der Waals surface area contributed by atoms with Crippen molar-refractivity contribution in [3.8, 4) is 0 Å². The molecule has 1 fully saturated rings. The van der Waals surface area contributed by atoms with Crippen LogP contribution in [0.3, 0.4) is 0 Å². The van der Waals surface area contributed by atoms with Crippen LogP contribution in [0.15, 0.2) is 42.5 Å². The Labute approximate surface area is 220 Å². The van der Waals surface area contributed by atoms with Crippen LogP contribution in [0.5, 0.6) is 0 Å². The Kier molecular flexibility index (Phi) is 8.03. The molecule has 2 aliphatic rings. The van der Waals surface area contributed by atoms with Crippen molar-refractivity contribution in [3.63, 3.8) is 0 Å².